The largest absolute Gasteiger partial charge is 0.497 e. The van der Waals surface area contributed by atoms with E-state index in [4.69, 9.17) is 4.74 Å². The Morgan fingerprint density at radius 3 is 2.35 bits per heavy atom. The van der Waals surface area contributed by atoms with Crippen molar-refractivity contribution in [2.45, 2.75) is 32.2 Å². The average Bonchev–Trinajstić information content (AvgIpc) is 2.36. The van der Waals surface area contributed by atoms with Gasteiger partial charge < -0.3 is 4.74 Å². The van der Waals surface area contributed by atoms with Gasteiger partial charge in [-0.3, -0.25) is 10.1 Å². The highest BCUT2D eigenvalue weighted by Crippen LogP contribution is 2.21. The Morgan fingerprint density at radius 1 is 1.30 bits per heavy atom. The first-order valence-corrected chi connectivity index (χ1v) is 6.46. The molecular formula is C14H21N3O3. The minimum Gasteiger partial charge on any atom is -0.497 e. The van der Waals surface area contributed by atoms with Gasteiger partial charge in [-0.1, -0.05) is 12.1 Å². The van der Waals surface area contributed by atoms with Gasteiger partial charge in [-0.25, -0.2) is 0 Å². The first-order valence-electron chi connectivity index (χ1n) is 6.46. The lowest BCUT2D eigenvalue weighted by molar-refractivity contribution is -0.483. The highest BCUT2D eigenvalue weighted by Gasteiger charge is 2.18. The Hall–Kier alpha value is -1.98. The summed E-state index contributed by atoms with van der Waals surface area (Å²) in [6.45, 7) is 5.96. The molecule has 110 valence electrons. The summed E-state index contributed by atoms with van der Waals surface area (Å²) in [7, 11) is 1.58. The van der Waals surface area contributed by atoms with Gasteiger partial charge in [-0.05, 0) is 38.5 Å². The number of ether oxygens (including phenoxy) is 1. The number of nitrogens with zero attached hydrogens (tertiary/aromatic N) is 3. The molecule has 0 heterocycles. The second-order valence-corrected chi connectivity index (χ2v) is 5.58. The van der Waals surface area contributed by atoms with Gasteiger partial charge in [0.05, 0.1) is 25.1 Å². The van der Waals surface area contributed by atoms with Crippen molar-refractivity contribution in [2.24, 2.45) is 10.2 Å². The van der Waals surface area contributed by atoms with Crippen molar-refractivity contribution in [3.05, 3.63) is 39.9 Å². The van der Waals surface area contributed by atoms with Gasteiger partial charge in [-0.2, -0.15) is 10.2 Å². The zero-order valence-electron chi connectivity index (χ0n) is 12.4. The smallest absolute Gasteiger partial charge is 0.212 e. The molecule has 0 radical (unpaired) electrons. The van der Waals surface area contributed by atoms with Crippen LogP contribution < -0.4 is 4.74 Å². The monoisotopic (exact) mass is 279 g/mol. The van der Waals surface area contributed by atoms with Gasteiger partial charge in [0.25, 0.3) is 0 Å². The maximum atomic E-state index is 10.8. The lowest BCUT2D eigenvalue weighted by Gasteiger charge is -2.13. The molecule has 6 nitrogen and oxygen atoms in total. The lowest BCUT2D eigenvalue weighted by Crippen LogP contribution is -2.16. The zero-order chi connectivity index (χ0) is 15.2. The molecule has 6 heteroatoms. The number of azo groups is 1. The quantitative estimate of drug-likeness (QED) is 0.455. The van der Waals surface area contributed by atoms with Gasteiger partial charge >= 0.3 is 0 Å². The molecular weight excluding hydrogens is 258 g/mol. The Labute approximate surface area is 119 Å². The molecule has 0 aliphatic rings. The van der Waals surface area contributed by atoms with Crippen LogP contribution in [0.2, 0.25) is 0 Å². The molecule has 1 rings (SSSR count). The van der Waals surface area contributed by atoms with Crippen LogP contribution in [0.3, 0.4) is 0 Å². The van der Waals surface area contributed by atoms with Crippen molar-refractivity contribution >= 4 is 0 Å². The fourth-order valence-electron chi connectivity index (χ4n) is 1.68. The summed E-state index contributed by atoms with van der Waals surface area (Å²) in [4.78, 5) is 10.5. The summed E-state index contributed by atoms with van der Waals surface area (Å²) >= 11 is 0. The summed E-state index contributed by atoms with van der Waals surface area (Å²) < 4.78 is 5.08. The SMILES string of the molecule is COc1ccc([C@H](CN=NC(C)(C)C)C[N+](=O)[O-])cc1. The molecule has 20 heavy (non-hydrogen) atoms. The average molecular weight is 279 g/mol. The van der Waals surface area contributed by atoms with Crippen LogP contribution in [0.5, 0.6) is 5.75 Å². The first kappa shape index (κ1) is 16.1. The van der Waals surface area contributed by atoms with E-state index >= 15 is 0 Å². The fourth-order valence-corrected chi connectivity index (χ4v) is 1.68. The molecule has 0 N–H and O–H groups in total. The molecule has 1 atom stereocenters. The molecule has 1 aromatic carbocycles. The van der Waals surface area contributed by atoms with Crippen LogP contribution in [-0.4, -0.2) is 30.7 Å². The van der Waals surface area contributed by atoms with Crippen molar-refractivity contribution < 1.29 is 9.66 Å². The van der Waals surface area contributed by atoms with E-state index in [1.165, 1.54) is 0 Å². The summed E-state index contributed by atoms with van der Waals surface area (Å²) in [6, 6.07) is 7.26. The molecule has 0 aromatic heterocycles. The Kier molecular flexibility index (Phi) is 5.61. The third-order valence-corrected chi connectivity index (χ3v) is 2.63. The Morgan fingerprint density at radius 2 is 1.90 bits per heavy atom. The fraction of sp³-hybridized carbons (Fsp3) is 0.571. The predicted molar refractivity (Wildman–Crippen MR) is 77.1 cm³/mol. The summed E-state index contributed by atoms with van der Waals surface area (Å²) in [5, 5.41) is 19.0. The molecule has 0 spiro atoms. The summed E-state index contributed by atoms with van der Waals surface area (Å²) in [6.07, 6.45) is 0. The van der Waals surface area contributed by atoms with Crippen LogP contribution in [0, 0.1) is 10.1 Å². The maximum absolute atomic E-state index is 10.8. The lowest BCUT2D eigenvalue weighted by atomic mass is 9.99. The number of benzene rings is 1. The molecule has 0 fully saturated rings. The summed E-state index contributed by atoms with van der Waals surface area (Å²) in [5.74, 6) is 0.451. The van der Waals surface area contributed by atoms with Gasteiger partial charge in [0.15, 0.2) is 0 Å². The number of rotatable bonds is 6. The molecule has 0 unspecified atom stereocenters. The van der Waals surface area contributed by atoms with Crippen molar-refractivity contribution in [1.29, 1.82) is 0 Å². The zero-order valence-corrected chi connectivity index (χ0v) is 12.4. The second-order valence-electron chi connectivity index (χ2n) is 5.58. The van der Waals surface area contributed by atoms with Gasteiger partial charge in [0.1, 0.15) is 5.75 Å². The number of nitro groups is 1. The highest BCUT2D eigenvalue weighted by molar-refractivity contribution is 5.29. The standard InChI is InChI=1S/C14H21N3O3/c1-14(2,3)16-15-9-12(10-17(18)19)11-5-7-13(20-4)8-6-11/h5-8,12H,9-10H2,1-4H3/t12-/m1/s1. The van der Waals surface area contributed by atoms with Gasteiger partial charge in [-0.15, -0.1) is 0 Å². The molecule has 0 aliphatic carbocycles. The van der Waals surface area contributed by atoms with Crippen molar-refractivity contribution in [1.82, 2.24) is 0 Å². The molecule has 0 aliphatic heterocycles. The van der Waals surface area contributed by atoms with E-state index in [1.54, 1.807) is 19.2 Å². The molecule has 0 bridgehead atoms. The number of methoxy groups -OCH3 is 1. The van der Waals surface area contributed by atoms with E-state index in [2.05, 4.69) is 10.2 Å². The molecule has 1 aromatic rings. The molecule has 0 saturated carbocycles. The van der Waals surface area contributed by atoms with Gasteiger partial charge in [0, 0.05) is 4.92 Å². The van der Waals surface area contributed by atoms with Crippen LogP contribution in [0.4, 0.5) is 0 Å². The normalized spacial score (nSPS) is 13.4. The third kappa shape index (κ3) is 5.77. The van der Waals surface area contributed by atoms with Crippen LogP contribution in [0.25, 0.3) is 0 Å². The van der Waals surface area contributed by atoms with Crippen molar-refractivity contribution in [3.63, 3.8) is 0 Å². The second kappa shape index (κ2) is 6.98. The molecule has 0 amide bonds. The van der Waals surface area contributed by atoms with E-state index in [0.717, 1.165) is 11.3 Å². The van der Waals surface area contributed by atoms with E-state index < -0.39 is 0 Å². The molecule has 0 saturated heterocycles. The van der Waals surface area contributed by atoms with E-state index in [1.807, 2.05) is 32.9 Å². The van der Waals surface area contributed by atoms with E-state index in [0.29, 0.717) is 6.54 Å². The minimum absolute atomic E-state index is 0.157. The Bertz CT molecular complexity index is 464. The van der Waals surface area contributed by atoms with E-state index in [9.17, 15) is 10.1 Å². The van der Waals surface area contributed by atoms with E-state index in [-0.39, 0.29) is 22.9 Å². The van der Waals surface area contributed by atoms with Crippen LogP contribution in [-0.2, 0) is 0 Å². The van der Waals surface area contributed by atoms with Crippen LogP contribution in [0.15, 0.2) is 34.5 Å². The van der Waals surface area contributed by atoms with Crippen LogP contribution >= 0.6 is 0 Å². The summed E-state index contributed by atoms with van der Waals surface area (Å²) in [5.41, 5.74) is 0.606. The maximum Gasteiger partial charge on any atom is 0.212 e. The minimum atomic E-state index is -0.318. The van der Waals surface area contributed by atoms with Crippen LogP contribution in [0.1, 0.15) is 32.3 Å². The first-order chi connectivity index (χ1) is 9.31. The number of hydrogen-bond donors (Lipinski definition) is 0. The highest BCUT2D eigenvalue weighted by atomic mass is 16.6. The third-order valence-electron chi connectivity index (χ3n) is 2.63. The van der Waals surface area contributed by atoms with Gasteiger partial charge in [0.2, 0.25) is 6.54 Å². The van der Waals surface area contributed by atoms with Crippen molar-refractivity contribution in [2.75, 3.05) is 20.2 Å². The van der Waals surface area contributed by atoms with Crippen molar-refractivity contribution in [3.8, 4) is 5.75 Å². The topological polar surface area (TPSA) is 77.1 Å². The Balaban J connectivity index is 2.82. The predicted octanol–water partition coefficient (Wildman–Crippen LogP) is 3.31. The number of hydrogen-bond acceptors (Lipinski definition) is 5.